The lowest BCUT2D eigenvalue weighted by molar-refractivity contribution is -0.384. The van der Waals surface area contributed by atoms with Gasteiger partial charge in [-0.2, -0.15) is 10.2 Å². The maximum atomic E-state index is 12.6. The summed E-state index contributed by atoms with van der Waals surface area (Å²) < 4.78 is 7.04. The van der Waals surface area contributed by atoms with Crippen molar-refractivity contribution in [2.45, 2.75) is 6.92 Å². The highest BCUT2D eigenvalue weighted by Crippen LogP contribution is 2.23. The van der Waals surface area contributed by atoms with Gasteiger partial charge in [0.2, 0.25) is 0 Å². The lowest BCUT2D eigenvalue weighted by Crippen LogP contribution is -2.43. The highest BCUT2D eigenvalue weighted by Gasteiger charge is 2.13. The van der Waals surface area contributed by atoms with Crippen LogP contribution in [0.4, 0.5) is 27.5 Å². The van der Waals surface area contributed by atoms with Crippen molar-refractivity contribution >= 4 is 34.7 Å². The zero-order valence-corrected chi connectivity index (χ0v) is 21.6. The summed E-state index contributed by atoms with van der Waals surface area (Å²) in [6, 6.07) is 23.9. The van der Waals surface area contributed by atoms with E-state index in [2.05, 4.69) is 21.1 Å². The van der Waals surface area contributed by atoms with E-state index in [4.69, 9.17) is 4.74 Å². The Hall–Kier alpha value is -5.52. The van der Waals surface area contributed by atoms with Crippen LogP contribution in [0.2, 0.25) is 0 Å². The van der Waals surface area contributed by atoms with Gasteiger partial charge >= 0.3 is 6.09 Å². The Morgan fingerprint density at radius 2 is 1.52 bits per heavy atom. The average molecular weight is 542 g/mol. The number of benzene rings is 3. The van der Waals surface area contributed by atoms with Crippen molar-refractivity contribution in [3.63, 3.8) is 0 Å². The molecule has 0 radical (unpaired) electrons. The Kier molecular flexibility index (Phi) is 9.17. The first-order valence-electron chi connectivity index (χ1n) is 12.4. The van der Waals surface area contributed by atoms with Gasteiger partial charge in [-0.15, -0.1) is 0 Å². The predicted molar refractivity (Wildman–Crippen MR) is 149 cm³/mol. The molecule has 0 aliphatic carbocycles. The minimum absolute atomic E-state index is 0.0106. The minimum Gasteiger partial charge on any atom is -0.446 e. The van der Waals surface area contributed by atoms with Crippen LogP contribution in [0.25, 0.3) is 5.69 Å². The average Bonchev–Trinajstić information content (AvgIpc) is 3.53. The summed E-state index contributed by atoms with van der Waals surface area (Å²) >= 11 is 0. The summed E-state index contributed by atoms with van der Waals surface area (Å²) in [5.41, 5.74) is 7.74. The number of amides is 2. The maximum Gasteiger partial charge on any atom is 0.426 e. The molecule has 0 saturated carbocycles. The second kappa shape index (κ2) is 13.3. The Bertz CT molecular complexity index is 1470. The number of carbonyl (C=O) groups excluding carboxylic acids is 2. The number of para-hydroxylation sites is 1. The third-order valence-electron chi connectivity index (χ3n) is 5.84. The molecule has 4 aromatic rings. The van der Waals surface area contributed by atoms with E-state index in [0.717, 1.165) is 5.69 Å². The fourth-order valence-electron chi connectivity index (χ4n) is 3.80. The number of aromatic nitrogens is 1. The quantitative estimate of drug-likeness (QED) is 0.150. The van der Waals surface area contributed by atoms with E-state index in [0.29, 0.717) is 35.7 Å². The molecule has 1 heterocycles. The van der Waals surface area contributed by atoms with Crippen LogP contribution >= 0.6 is 0 Å². The summed E-state index contributed by atoms with van der Waals surface area (Å²) in [6.45, 7) is 3.17. The number of likely N-dealkylation sites (N-methyl/N-ethyl adjacent to an activating group) is 1. The van der Waals surface area contributed by atoms with E-state index in [1.807, 2.05) is 54.5 Å². The molecule has 12 nitrogen and oxygen atoms in total. The molecule has 0 aliphatic rings. The van der Waals surface area contributed by atoms with Gasteiger partial charge in [0.05, 0.1) is 34.1 Å². The van der Waals surface area contributed by atoms with E-state index < -0.39 is 16.9 Å². The van der Waals surface area contributed by atoms with Gasteiger partial charge in [0.15, 0.2) is 0 Å². The third-order valence-corrected chi connectivity index (χ3v) is 5.84. The fourth-order valence-corrected chi connectivity index (χ4v) is 3.80. The van der Waals surface area contributed by atoms with Crippen LogP contribution < -0.4 is 15.8 Å². The largest absolute Gasteiger partial charge is 0.446 e. The lowest BCUT2D eigenvalue weighted by Gasteiger charge is -2.23. The highest BCUT2D eigenvalue weighted by atomic mass is 16.6. The zero-order chi connectivity index (χ0) is 28.3. The van der Waals surface area contributed by atoms with Crippen molar-refractivity contribution in [3.05, 3.63) is 113 Å². The van der Waals surface area contributed by atoms with Crippen molar-refractivity contribution in [1.82, 2.24) is 15.4 Å². The second-order valence-electron chi connectivity index (χ2n) is 8.39. The molecule has 204 valence electrons. The molecule has 0 spiro atoms. The summed E-state index contributed by atoms with van der Waals surface area (Å²) in [6.07, 6.45) is 2.88. The molecule has 0 saturated heterocycles. The number of nitrogens with one attached hydrogen (secondary N) is 2. The number of non-ortho nitro benzene ring substituents is 1. The van der Waals surface area contributed by atoms with Crippen LogP contribution in [-0.2, 0) is 4.74 Å². The van der Waals surface area contributed by atoms with Crippen LogP contribution in [-0.4, -0.2) is 41.2 Å². The molecule has 2 N–H and O–H groups in total. The van der Waals surface area contributed by atoms with Gasteiger partial charge in [0.1, 0.15) is 6.61 Å². The number of azo groups is 1. The van der Waals surface area contributed by atoms with E-state index in [9.17, 15) is 19.7 Å². The smallest absolute Gasteiger partial charge is 0.426 e. The van der Waals surface area contributed by atoms with Crippen LogP contribution in [0, 0.1) is 10.1 Å². The van der Waals surface area contributed by atoms with E-state index in [1.54, 1.807) is 34.9 Å². The van der Waals surface area contributed by atoms with Crippen molar-refractivity contribution in [1.29, 1.82) is 0 Å². The molecule has 3 aromatic carbocycles. The van der Waals surface area contributed by atoms with Crippen LogP contribution in [0.1, 0.15) is 17.3 Å². The molecular formula is C28H27N7O5. The van der Waals surface area contributed by atoms with Crippen LogP contribution in [0.15, 0.2) is 108 Å². The third kappa shape index (κ3) is 7.28. The van der Waals surface area contributed by atoms with Crippen molar-refractivity contribution in [2.24, 2.45) is 10.2 Å². The fraction of sp³-hybridized carbons (Fsp3) is 0.143. The Labute approximate surface area is 230 Å². The van der Waals surface area contributed by atoms with Crippen molar-refractivity contribution in [3.8, 4) is 5.69 Å². The first-order chi connectivity index (χ1) is 19.4. The second-order valence-corrected chi connectivity index (χ2v) is 8.39. The molecule has 0 fully saturated rings. The van der Waals surface area contributed by atoms with E-state index in [-0.39, 0.29) is 12.3 Å². The molecule has 2 amide bonds. The van der Waals surface area contributed by atoms with Gasteiger partial charge in [-0.3, -0.25) is 20.3 Å². The minimum atomic E-state index is -0.773. The predicted octanol–water partition coefficient (Wildman–Crippen LogP) is 5.70. The first-order valence-corrected chi connectivity index (χ1v) is 12.4. The molecule has 0 unspecified atom stereocenters. The number of hydrogen-bond donors (Lipinski definition) is 2. The molecule has 4 rings (SSSR count). The number of nitro groups is 1. The number of rotatable bonds is 10. The number of nitro benzene ring substituents is 1. The monoisotopic (exact) mass is 541 g/mol. The van der Waals surface area contributed by atoms with Gasteiger partial charge in [-0.05, 0) is 67.6 Å². The number of hydrazine groups is 1. The van der Waals surface area contributed by atoms with Crippen molar-refractivity contribution < 1.29 is 19.2 Å². The number of ether oxygens (including phenoxy) is 1. The molecule has 1 aromatic heterocycles. The van der Waals surface area contributed by atoms with Crippen LogP contribution in [0.3, 0.4) is 0 Å². The number of anilines is 1. The number of hydrogen-bond acceptors (Lipinski definition) is 8. The Morgan fingerprint density at radius 1 is 0.900 bits per heavy atom. The normalized spacial score (nSPS) is 10.7. The molecule has 0 bridgehead atoms. The van der Waals surface area contributed by atoms with Gasteiger partial charge in [0.25, 0.3) is 11.6 Å². The van der Waals surface area contributed by atoms with Gasteiger partial charge < -0.3 is 14.2 Å². The van der Waals surface area contributed by atoms with E-state index in [1.165, 1.54) is 24.3 Å². The van der Waals surface area contributed by atoms with Gasteiger partial charge in [-0.1, -0.05) is 12.1 Å². The SMILES string of the molecule is CCN(CCOC(=O)NNC(=O)c1ccccc1-n1cccc1)c1ccc(N=Nc2ccc([N+](=O)[O-])cc2)cc1. The molecule has 0 aliphatic heterocycles. The van der Waals surface area contributed by atoms with Gasteiger partial charge in [-0.25, -0.2) is 10.2 Å². The summed E-state index contributed by atoms with van der Waals surface area (Å²) in [5, 5.41) is 19.0. The number of nitrogens with zero attached hydrogens (tertiary/aromatic N) is 5. The summed E-state index contributed by atoms with van der Waals surface area (Å²) in [5.74, 6) is -0.470. The lowest BCUT2D eigenvalue weighted by atomic mass is 10.1. The molecule has 12 heteroatoms. The van der Waals surface area contributed by atoms with E-state index >= 15 is 0 Å². The Balaban J connectivity index is 1.24. The Morgan fingerprint density at radius 3 is 2.15 bits per heavy atom. The highest BCUT2D eigenvalue weighted by molar-refractivity contribution is 5.98. The topological polar surface area (TPSA) is 143 Å². The molecule has 0 atom stereocenters. The van der Waals surface area contributed by atoms with Crippen LogP contribution in [0.5, 0.6) is 0 Å². The van der Waals surface area contributed by atoms with Gasteiger partial charge in [0, 0.05) is 36.8 Å². The molecule has 40 heavy (non-hydrogen) atoms. The summed E-state index contributed by atoms with van der Waals surface area (Å²) in [7, 11) is 0. The number of carbonyl (C=O) groups is 2. The summed E-state index contributed by atoms with van der Waals surface area (Å²) in [4.78, 5) is 37.1. The standard InChI is InChI=1S/C28H27N7O5/c1-2-33(23-13-9-21(10-14-23)29-30-22-11-15-24(16-12-22)35(38)39)19-20-40-28(37)32-31-27(36)25-7-3-4-8-26(25)34-17-5-6-18-34/h3-18H,2,19-20H2,1H3,(H,31,36)(H,32,37). The first kappa shape index (κ1) is 27.5. The molecular weight excluding hydrogens is 514 g/mol. The van der Waals surface area contributed by atoms with Crippen molar-refractivity contribution in [2.75, 3.05) is 24.6 Å². The zero-order valence-electron chi connectivity index (χ0n) is 21.6. The maximum absolute atomic E-state index is 12.6.